The lowest BCUT2D eigenvalue weighted by Crippen LogP contribution is -2.36. The molecule has 0 unspecified atom stereocenters. The number of nitrogens with one attached hydrogen (secondary N) is 1. The maximum atomic E-state index is 12.1. The Labute approximate surface area is 139 Å². The third-order valence-corrected chi connectivity index (χ3v) is 4.08. The van der Waals surface area contributed by atoms with Crippen molar-refractivity contribution in [2.75, 3.05) is 24.6 Å². The number of ether oxygens (including phenoxy) is 1. The number of halogens is 1. The summed E-state index contributed by atoms with van der Waals surface area (Å²) in [7, 11) is 0. The first-order valence-electron chi connectivity index (χ1n) is 7.42. The molecule has 2 rings (SSSR count). The van der Waals surface area contributed by atoms with Gasteiger partial charge in [-0.05, 0) is 31.5 Å². The van der Waals surface area contributed by atoms with Gasteiger partial charge in [-0.1, -0.05) is 17.7 Å². The van der Waals surface area contributed by atoms with Gasteiger partial charge >= 0.3 is 5.97 Å². The van der Waals surface area contributed by atoms with Gasteiger partial charge in [0.1, 0.15) is 6.54 Å². The summed E-state index contributed by atoms with van der Waals surface area (Å²) in [6, 6.07) is 5.35. The van der Waals surface area contributed by atoms with Crippen LogP contribution in [0, 0.1) is 12.8 Å². The zero-order valence-electron chi connectivity index (χ0n) is 13.1. The third-order valence-electron chi connectivity index (χ3n) is 3.68. The van der Waals surface area contributed by atoms with E-state index in [9.17, 15) is 14.4 Å². The van der Waals surface area contributed by atoms with Crippen LogP contribution in [0.25, 0.3) is 0 Å². The summed E-state index contributed by atoms with van der Waals surface area (Å²) in [4.78, 5) is 37.0. The van der Waals surface area contributed by atoms with E-state index in [0.29, 0.717) is 10.7 Å². The molecular weight excluding hydrogens is 320 g/mol. The number of nitrogens with zero attached hydrogens (tertiary/aromatic N) is 1. The van der Waals surface area contributed by atoms with E-state index in [2.05, 4.69) is 5.32 Å². The molecule has 1 heterocycles. The molecule has 7 heteroatoms. The van der Waals surface area contributed by atoms with E-state index >= 15 is 0 Å². The molecular formula is C16H19ClN2O4. The molecule has 124 valence electrons. The molecule has 0 radical (unpaired) electrons. The summed E-state index contributed by atoms with van der Waals surface area (Å²) in [5.41, 5.74) is 1.59. The highest BCUT2D eigenvalue weighted by Crippen LogP contribution is 2.28. The number of carbonyl (C=O) groups is 3. The molecule has 23 heavy (non-hydrogen) atoms. The topological polar surface area (TPSA) is 75.7 Å². The first-order valence-corrected chi connectivity index (χ1v) is 7.80. The number of carbonyl (C=O) groups excluding carboxylic acids is 3. The molecule has 1 aliphatic rings. The fourth-order valence-electron chi connectivity index (χ4n) is 2.40. The Bertz CT molecular complexity index is 633. The predicted molar refractivity (Wildman–Crippen MR) is 86.3 cm³/mol. The highest BCUT2D eigenvalue weighted by atomic mass is 35.5. The summed E-state index contributed by atoms with van der Waals surface area (Å²) in [6.45, 7) is 3.92. The monoisotopic (exact) mass is 338 g/mol. The van der Waals surface area contributed by atoms with Crippen LogP contribution in [-0.2, 0) is 19.1 Å². The van der Waals surface area contributed by atoms with E-state index in [1.165, 1.54) is 0 Å². The minimum atomic E-state index is -0.493. The molecule has 1 saturated heterocycles. The summed E-state index contributed by atoms with van der Waals surface area (Å²) >= 11 is 6.08. The summed E-state index contributed by atoms with van der Waals surface area (Å²) in [6.07, 6.45) is 0.111. The van der Waals surface area contributed by atoms with Crippen molar-refractivity contribution in [3.8, 4) is 0 Å². The van der Waals surface area contributed by atoms with Gasteiger partial charge in [0, 0.05) is 23.7 Å². The van der Waals surface area contributed by atoms with Crippen LogP contribution in [0.4, 0.5) is 5.69 Å². The first-order chi connectivity index (χ1) is 10.9. The fraction of sp³-hybridized carbons (Fsp3) is 0.438. The van der Waals surface area contributed by atoms with E-state index < -0.39 is 11.9 Å². The molecule has 1 aliphatic heterocycles. The van der Waals surface area contributed by atoms with Crippen molar-refractivity contribution in [2.45, 2.75) is 20.3 Å². The smallest absolute Gasteiger partial charge is 0.325 e. The summed E-state index contributed by atoms with van der Waals surface area (Å²) in [5, 5.41) is 3.08. The van der Waals surface area contributed by atoms with Crippen molar-refractivity contribution in [3.05, 3.63) is 28.8 Å². The average Bonchev–Trinajstić information content (AvgIpc) is 2.90. The Hall–Kier alpha value is -2.08. The zero-order chi connectivity index (χ0) is 17.0. The highest BCUT2D eigenvalue weighted by Gasteiger charge is 2.35. The molecule has 0 aromatic heterocycles. The van der Waals surface area contributed by atoms with Crippen molar-refractivity contribution in [1.82, 2.24) is 5.32 Å². The lowest BCUT2D eigenvalue weighted by molar-refractivity contribution is -0.143. The Morgan fingerprint density at radius 1 is 1.43 bits per heavy atom. The molecule has 1 N–H and O–H groups in total. The van der Waals surface area contributed by atoms with E-state index in [1.54, 1.807) is 24.0 Å². The molecule has 1 fully saturated rings. The number of anilines is 1. The van der Waals surface area contributed by atoms with Crippen LogP contribution >= 0.6 is 11.6 Å². The first kappa shape index (κ1) is 17.3. The molecule has 1 aromatic carbocycles. The molecule has 1 aromatic rings. The van der Waals surface area contributed by atoms with Crippen molar-refractivity contribution >= 4 is 35.1 Å². The quantitative estimate of drug-likeness (QED) is 0.829. The second kappa shape index (κ2) is 7.46. The van der Waals surface area contributed by atoms with E-state index in [0.717, 1.165) is 5.56 Å². The lowest BCUT2D eigenvalue weighted by Gasteiger charge is -2.17. The van der Waals surface area contributed by atoms with E-state index in [-0.39, 0.29) is 37.9 Å². The standard InChI is InChI=1S/C16H19ClN2O4/c1-3-23-15(21)8-18-16(22)11-6-14(20)19(9-11)12-5-4-10(2)13(17)7-12/h4-5,7,11H,3,6,8-9H2,1-2H3,(H,18,22)/t11-/m0/s1. The normalized spacial score (nSPS) is 17.3. The molecule has 0 aliphatic carbocycles. The Kier molecular flexibility index (Phi) is 5.60. The summed E-state index contributed by atoms with van der Waals surface area (Å²) < 4.78 is 4.75. The van der Waals surface area contributed by atoms with Gasteiger partial charge in [0.15, 0.2) is 0 Å². The molecule has 0 bridgehead atoms. The SMILES string of the molecule is CCOC(=O)CNC(=O)[C@H]1CC(=O)N(c2ccc(C)c(Cl)c2)C1. The molecule has 0 saturated carbocycles. The maximum Gasteiger partial charge on any atom is 0.325 e. The van der Waals surface area contributed by atoms with Crippen LogP contribution in [0.2, 0.25) is 5.02 Å². The number of hydrogen-bond acceptors (Lipinski definition) is 4. The molecule has 6 nitrogen and oxygen atoms in total. The number of esters is 1. The Morgan fingerprint density at radius 2 is 2.17 bits per heavy atom. The fourth-order valence-corrected chi connectivity index (χ4v) is 2.57. The van der Waals surface area contributed by atoms with Crippen LogP contribution < -0.4 is 10.2 Å². The van der Waals surface area contributed by atoms with Crippen LogP contribution in [0.1, 0.15) is 18.9 Å². The third kappa shape index (κ3) is 4.22. The van der Waals surface area contributed by atoms with Gasteiger partial charge in [0.25, 0.3) is 0 Å². The predicted octanol–water partition coefficient (Wildman–Crippen LogP) is 1.68. The molecule has 1 atom stereocenters. The van der Waals surface area contributed by atoms with Gasteiger partial charge in [-0.15, -0.1) is 0 Å². The largest absolute Gasteiger partial charge is 0.465 e. The number of aryl methyl sites for hydroxylation is 1. The minimum Gasteiger partial charge on any atom is -0.465 e. The average molecular weight is 339 g/mol. The van der Waals surface area contributed by atoms with Gasteiger partial charge < -0.3 is 15.0 Å². The lowest BCUT2D eigenvalue weighted by atomic mass is 10.1. The van der Waals surface area contributed by atoms with Crippen LogP contribution in [0.15, 0.2) is 18.2 Å². The zero-order valence-corrected chi connectivity index (χ0v) is 13.9. The van der Waals surface area contributed by atoms with E-state index in [4.69, 9.17) is 16.3 Å². The second-order valence-corrected chi connectivity index (χ2v) is 5.77. The van der Waals surface area contributed by atoms with Crippen molar-refractivity contribution < 1.29 is 19.1 Å². The van der Waals surface area contributed by atoms with Crippen LogP contribution in [0.5, 0.6) is 0 Å². The molecule has 2 amide bonds. The number of benzene rings is 1. The molecule has 0 spiro atoms. The van der Waals surface area contributed by atoms with Crippen LogP contribution in [0.3, 0.4) is 0 Å². The van der Waals surface area contributed by atoms with Gasteiger partial charge in [-0.2, -0.15) is 0 Å². The second-order valence-electron chi connectivity index (χ2n) is 5.36. The number of hydrogen-bond donors (Lipinski definition) is 1. The highest BCUT2D eigenvalue weighted by molar-refractivity contribution is 6.31. The minimum absolute atomic E-state index is 0.111. The van der Waals surface area contributed by atoms with Gasteiger partial charge in [-0.3, -0.25) is 14.4 Å². The summed E-state index contributed by atoms with van der Waals surface area (Å²) in [5.74, 6) is -1.45. The Balaban J connectivity index is 1.97. The number of rotatable bonds is 5. The van der Waals surface area contributed by atoms with Gasteiger partial charge in [-0.25, -0.2) is 0 Å². The van der Waals surface area contributed by atoms with E-state index in [1.807, 2.05) is 13.0 Å². The van der Waals surface area contributed by atoms with Gasteiger partial charge in [0.2, 0.25) is 11.8 Å². The van der Waals surface area contributed by atoms with Crippen molar-refractivity contribution in [3.63, 3.8) is 0 Å². The number of amides is 2. The van der Waals surface area contributed by atoms with Crippen LogP contribution in [-0.4, -0.2) is 37.5 Å². The Morgan fingerprint density at radius 3 is 2.83 bits per heavy atom. The van der Waals surface area contributed by atoms with Crippen molar-refractivity contribution in [2.24, 2.45) is 5.92 Å². The van der Waals surface area contributed by atoms with Gasteiger partial charge in [0.05, 0.1) is 12.5 Å². The van der Waals surface area contributed by atoms with Crippen molar-refractivity contribution in [1.29, 1.82) is 0 Å². The maximum absolute atomic E-state index is 12.1.